The van der Waals surface area contributed by atoms with Crippen molar-refractivity contribution in [2.45, 2.75) is 38.2 Å². The molecule has 1 heterocycles. The number of rotatable bonds is 4. The van der Waals surface area contributed by atoms with E-state index in [1.54, 1.807) is 12.1 Å². The van der Waals surface area contributed by atoms with E-state index >= 15 is 0 Å². The van der Waals surface area contributed by atoms with Crippen molar-refractivity contribution in [3.8, 4) is 11.5 Å². The molecular weight excluding hydrogens is 224 g/mol. The maximum atomic E-state index is 9.43. The SMILES string of the molecule is CCCCC1(CCl)Cc2cc(O)ccc2O1. The van der Waals surface area contributed by atoms with Gasteiger partial charge in [-0.15, -0.1) is 11.6 Å². The van der Waals surface area contributed by atoms with E-state index in [1.807, 2.05) is 6.07 Å². The van der Waals surface area contributed by atoms with Crippen LogP contribution in [0.3, 0.4) is 0 Å². The number of aromatic hydroxyl groups is 1. The summed E-state index contributed by atoms with van der Waals surface area (Å²) in [5.74, 6) is 1.67. The molecule has 1 aliphatic rings. The normalized spacial score (nSPS) is 22.9. The summed E-state index contributed by atoms with van der Waals surface area (Å²) in [4.78, 5) is 0. The number of alkyl halides is 1. The van der Waals surface area contributed by atoms with Gasteiger partial charge in [0, 0.05) is 12.0 Å². The zero-order valence-electron chi connectivity index (χ0n) is 9.50. The molecule has 0 spiro atoms. The molecule has 0 amide bonds. The molecule has 0 fully saturated rings. The van der Waals surface area contributed by atoms with Crippen molar-refractivity contribution >= 4 is 11.6 Å². The Balaban J connectivity index is 2.18. The highest BCUT2D eigenvalue weighted by Crippen LogP contribution is 2.40. The highest BCUT2D eigenvalue weighted by atomic mass is 35.5. The summed E-state index contributed by atoms with van der Waals surface area (Å²) in [5, 5.41) is 9.43. The van der Waals surface area contributed by atoms with E-state index in [2.05, 4.69) is 6.92 Å². The Bertz CT molecular complexity index is 378. The van der Waals surface area contributed by atoms with Crippen LogP contribution in [0, 0.1) is 0 Å². The number of fused-ring (bicyclic) bond motifs is 1. The summed E-state index contributed by atoms with van der Waals surface area (Å²) in [6.07, 6.45) is 4.04. The van der Waals surface area contributed by atoms with Gasteiger partial charge in [0.15, 0.2) is 0 Å². The lowest BCUT2D eigenvalue weighted by Gasteiger charge is -2.26. The molecule has 1 aromatic carbocycles. The van der Waals surface area contributed by atoms with Crippen molar-refractivity contribution < 1.29 is 9.84 Å². The molecule has 0 aliphatic carbocycles. The molecule has 1 N–H and O–H groups in total. The van der Waals surface area contributed by atoms with Crippen LogP contribution < -0.4 is 4.74 Å². The highest BCUT2D eigenvalue weighted by molar-refractivity contribution is 6.18. The average molecular weight is 241 g/mol. The molecule has 0 aromatic heterocycles. The molecule has 16 heavy (non-hydrogen) atoms. The van der Waals surface area contributed by atoms with Gasteiger partial charge in [-0.1, -0.05) is 13.3 Å². The number of phenolic OH excluding ortho intramolecular Hbond substituents is 1. The first-order valence-corrected chi connectivity index (χ1v) is 6.29. The van der Waals surface area contributed by atoms with Crippen molar-refractivity contribution in [2.24, 2.45) is 0 Å². The van der Waals surface area contributed by atoms with Crippen molar-refractivity contribution in [3.05, 3.63) is 23.8 Å². The first-order valence-electron chi connectivity index (χ1n) is 5.76. The smallest absolute Gasteiger partial charge is 0.127 e. The van der Waals surface area contributed by atoms with E-state index in [4.69, 9.17) is 16.3 Å². The van der Waals surface area contributed by atoms with E-state index in [0.29, 0.717) is 11.6 Å². The van der Waals surface area contributed by atoms with Gasteiger partial charge >= 0.3 is 0 Å². The number of ether oxygens (including phenoxy) is 1. The van der Waals surface area contributed by atoms with E-state index in [9.17, 15) is 5.11 Å². The fourth-order valence-corrected chi connectivity index (χ4v) is 2.48. The fourth-order valence-electron chi connectivity index (χ4n) is 2.20. The predicted octanol–water partition coefficient (Wildman–Crippen LogP) is 3.49. The van der Waals surface area contributed by atoms with Gasteiger partial charge in [0.1, 0.15) is 17.1 Å². The second-order valence-corrected chi connectivity index (χ2v) is 4.76. The molecule has 1 unspecified atom stereocenters. The van der Waals surface area contributed by atoms with Crippen molar-refractivity contribution in [3.63, 3.8) is 0 Å². The van der Waals surface area contributed by atoms with Crippen molar-refractivity contribution in [2.75, 3.05) is 5.88 Å². The van der Waals surface area contributed by atoms with Gasteiger partial charge in [-0.2, -0.15) is 0 Å². The van der Waals surface area contributed by atoms with Gasteiger partial charge in [0.25, 0.3) is 0 Å². The van der Waals surface area contributed by atoms with Crippen LogP contribution >= 0.6 is 11.6 Å². The van der Waals surface area contributed by atoms with Crippen LogP contribution in [0.1, 0.15) is 31.7 Å². The van der Waals surface area contributed by atoms with E-state index in [1.165, 1.54) is 0 Å². The molecule has 3 heteroatoms. The third-order valence-corrected chi connectivity index (χ3v) is 3.60. The summed E-state index contributed by atoms with van der Waals surface area (Å²) in [5.41, 5.74) is 0.810. The number of hydrogen-bond acceptors (Lipinski definition) is 2. The van der Waals surface area contributed by atoms with Gasteiger partial charge in [0.05, 0.1) is 5.88 Å². The molecule has 0 saturated carbocycles. The third-order valence-electron chi connectivity index (χ3n) is 3.11. The Hall–Kier alpha value is -0.890. The van der Waals surface area contributed by atoms with Crippen LogP contribution in [0.2, 0.25) is 0 Å². The van der Waals surface area contributed by atoms with Gasteiger partial charge in [-0.3, -0.25) is 0 Å². The number of halogens is 1. The molecule has 2 rings (SSSR count). The first-order chi connectivity index (χ1) is 7.69. The largest absolute Gasteiger partial charge is 0.508 e. The Morgan fingerprint density at radius 1 is 1.50 bits per heavy atom. The molecule has 88 valence electrons. The van der Waals surface area contributed by atoms with E-state index in [-0.39, 0.29) is 5.60 Å². The van der Waals surface area contributed by atoms with Crippen LogP contribution in [0.4, 0.5) is 0 Å². The molecule has 0 saturated heterocycles. The van der Waals surface area contributed by atoms with Crippen LogP contribution in [0.25, 0.3) is 0 Å². The summed E-state index contributed by atoms with van der Waals surface area (Å²) in [7, 11) is 0. The van der Waals surface area contributed by atoms with Crippen LogP contribution in [0.5, 0.6) is 11.5 Å². The molecule has 1 aromatic rings. The maximum Gasteiger partial charge on any atom is 0.127 e. The molecule has 1 atom stereocenters. The van der Waals surface area contributed by atoms with Crippen LogP contribution in [-0.2, 0) is 6.42 Å². The Kier molecular flexibility index (Phi) is 3.29. The summed E-state index contributed by atoms with van der Waals surface area (Å²) >= 11 is 6.04. The quantitative estimate of drug-likeness (QED) is 0.817. The minimum atomic E-state index is -0.256. The average Bonchev–Trinajstić information content (AvgIpc) is 2.65. The first kappa shape index (κ1) is 11.6. The molecular formula is C13H17ClO2. The summed E-state index contributed by atoms with van der Waals surface area (Å²) in [6.45, 7) is 2.16. The lowest BCUT2D eigenvalue weighted by molar-refractivity contribution is 0.106. The van der Waals surface area contributed by atoms with Gasteiger partial charge in [-0.05, 0) is 31.0 Å². The number of benzene rings is 1. The number of hydrogen-bond donors (Lipinski definition) is 1. The number of unbranched alkanes of at least 4 members (excludes halogenated alkanes) is 1. The van der Waals surface area contributed by atoms with E-state index in [0.717, 1.165) is 37.0 Å². The second-order valence-electron chi connectivity index (χ2n) is 4.49. The van der Waals surface area contributed by atoms with Crippen LogP contribution in [-0.4, -0.2) is 16.6 Å². The zero-order chi connectivity index (χ0) is 11.6. The Morgan fingerprint density at radius 2 is 2.31 bits per heavy atom. The second kappa shape index (κ2) is 4.54. The topological polar surface area (TPSA) is 29.5 Å². The highest BCUT2D eigenvalue weighted by Gasteiger charge is 2.38. The van der Waals surface area contributed by atoms with Crippen molar-refractivity contribution in [1.29, 1.82) is 0 Å². The summed E-state index contributed by atoms with van der Waals surface area (Å²) in [6, 6.07) is 5.25. The zero-order valence-corrected chi connectivity index (χ0v) is 10.3. The fraction of sp³-hybridized carbons (Fsp3) is 0.538. The lowest BCUT2D eigenvalue weighted by Crippen LogP contribution is -2.36. The summed E-state index contributed by atoms with van der Waals surface area (Å²) < 4.78 is 5.96. The molecule has 0 radical (unpaired) electrons. The Labute approximate surface area is 101 Å². The van der Waals surface area contributed by atoms with E-state index < -0.39 is 0 Å². The monoisotopic (exact) mass is 240 g/mol. The van der Waals surface area contributed by atoms with Gasteiger partial charge < -0.3 is 9.84 Å². The third kappa shape index (κ3) is 2.12. The van der Waals surface area contributed by atoms with Gasteiger partial charge in [0.2, 0.25) is 0 Å². The molecule has 1 aliphatic heterocycles. The van der Waals surface area contributed by atoms with Gasteiger partial charge in [-0.25, -0.2) is 0 Å². The minimum absolute atomic E-state index is 0.256. The molecule has 2 nitrogen and oxygen atoms in total. The minimum Gasteiger partial charge on any atom is -0.508 e. The predicted molar refractivity (Wildman–Crippen MR) is 65.4 cm³/mol. The van der Waals surface area contributed by atoms with Crippen LogP contribution in [0.15, 0.2) is 18.2 Å². The molecule has 0 bridgehead atoms. The maximum absolute atomic E-state index is 9.43. The lowest BCUT2D eigenvalue weighted by atomic mass is 9.93. The number of phenols is 1. The van der Waals surface area contributed by atoms with Crippen molar-refractivity contribution in [1.82, 2.24) is 0 Å². The standard InChI is InChI=1S/C13H17ClO2/c1-2-3-6-13(9-14)8-10-7-11(15)4-5-12(10)16-13/h4-5,7,15H,2-3,6,8-9H2,1H3. The Morgan fingerprint density at radius 3 is 3.00 bits per heavy atom.